The lowest BCUT2D eigenvalue weighted by atomic mass is 9.98. The summed E-state index contributed by atoms with van der Waals surface area (Å²) in [7, 11) is 3.49. The lowest BCUT2D eigenvalue weighted by Crippen LogP contribution is -2.25. The van der Waals surface area contributed by atoms with Crippen LogP contribution in [0.25, 0.3) is 0 Å². The minimum atomic E-state index is 0.00952. The van der Waals surface area contributed by atoms with Crippen molar-refractivity contribution >= 4 is 5.91 Å². The molecule has 1 aromatic carbocycles. The molecule has 0 aliphatic carbocycles. The zero-order chi connectivity index (χ0) is 13.1. The molecule has 0 bridgehead atoms. The number of aliphatic hydroxyl groups is 1. The van der Waals surface area contributed by atoms with E-state index in [0.29, 0.717) is 12.0 Å². The second kappa shape index (κ2) is 5.40. The molecular formula is C14H19NO3. The maximum absolute atomic E-state index is 11.8. The first-order valence-electron chi connectivity index (χ1n) is 6.24. The quantitative estimate of drug-likeness (QED) is 0.882. The first kappa shape index (κ1) is 12.9. The summed E-state index contributed by atoms with van der Waals surface area (Å²) in [5, 5.41) is 8.91. The molecule has 1 aromatic rings. The summed E-state index contributed by atoms with van der Waals surface area (Å²) in [4.78, 5) is 13.4. The Morgan fingerprint density at radius 2 is 2.28 bits per heavy atom. The normalized spacial score (nSPS) is 17.8. The van der Waals surface area contributed by atoms with E-state index in [1.807, 2.05) is 12.1 Å². The van der Waals surface area contributed by atoms with Crippen molar-refractivity contribution in [2.24, 2.45) is 0 Å². The summed E-state index contributed by atoms with van der Waals surface area (Å²) in [6, 6.07) is 5.56. The summed E-state index contributed by atoms with van der Waals surface area (Å²) in [6.07, 6.45) is 2.55. The van der Waals surface area contributed by atoms with Crippen molar-refractivity contribution < 1.29 is 14.6 Å². The molecule has 0 radical (unpaired) electrons. The minimum Gasteiger partial charge on any atom is -0.490 e. The average molecular weight is 249 g/mol. The number of fused-ring (bicyclic) bond motifs is 1. The molecule has 1 heterocycles. The van der Waals surface area contributed by atoms with Gasteiger partial charge < -0.3 is 14.7 Å². The van der Waals surface area contributed by atoms with Gasteiger partial charge in [0.1, 0.15) is 11.9 Å². The monoisotopic (exact) mass is 249 g/mol. The van der Waals surface area contributed by atoms with E-state index in [0.717, 1.165) is 24.2 Å². The Kier molecular flexibility index (Phi) is 3.87. The molecule has 4 nitrogen and oxygen atoms in total. The zero-order valence-corrected chi connectivity index (χ0v) is 10.8. The summed E-state index contributed by atoms with van der Waals surface area (Å²) < 4.78 is 5.78. The maximum Gasteiger partial charge on any atom is 0.253 e. The lowest BCUT2D eigenvalue weighted by molar-refractivity contribution is 0.0827. The number of carbonyl (C=O) groups is 1. The summed E-state index contributed by atoms with van der Waals surface area (Å²) >= 11 is 0. The van der Waals surface area contributed by atoms with Gasteiger partial charge in [-0.2, -0.15) is 0 Å². The van der Waals surface area contributed by atoms with Crippen molar-refractivity contribution in [2.45, 2.75) is 25.4 Å². The van der Waals surface area contributed by atoms with Crippen LogP contribution < -0.4 is 4.74 Å². The first-order valence-corrected chi connectivity index (χ1v) is 6.24. The third-order valence-electron chi connectivity index (χ3n) is 3.19. The molecule has 1 amide bonds. The number of amides is 1. The van der Waals surface area contributed by atoms with E-state index in [1.165, 1.54) is 0 Å². The highest BCUT2D eigenvalue weighted by Gasteiger charge is 2.20. The van der Waals surface area contributed by atoms with Crippen molar-refractivity contribution in [1.82, 2.24) is 4.90 Å². The molecule has 1 unspecified atom stereocenters. The topological polar surface area (TPSA) is 49.8 Å². The Labute approximate surface area is 107 Å². The van der Waals surface area contributed by atoms with Gasteiger partial charge >= 0.3 is 0 Å². The molecule has 1 atom stereocenters. The predicted molar refractivity (Wildman–Crippen MR) is 68.9 cm³/mol. The van der Waals surface area contributed by atoms with E-state index in [2.05, 4.69) is 0 Å². The largest absolute Gasteiger partial charge is 0.490 e. The van der Waals surface area contributed by atoms with Gasteiger partial charge in [-0.3, -0.25) is 4.79 Å². The van der Waals surface area contributed by atoms with Gasteiger partial charge in [0.05, 0.1) is 0 Å². The maximum atomic E-state index is 11.8. The SMILES string of the molecule is CN(C)C(=O)c1ccc2c(c1)CCC(CCO)O2. The van der Waals surface area contributed by atoms with E-state index in [9.17, 15) is 4.79 Å². The molecule has 0 aromatic heterocycles. The number of hydrogen-bond acceptors (Lipinski definition) is 3. The Morgan fingerprint density at radius 1 is 1.50 bits per heavy atom. The molecule has 1 N–H and O–H groups in total. The third-order valence-corrected chi connectivity index (χ3v) is 3.19. The minimum absolute atomic E-state index is 0.00952. The summed E-state index contributed by atoms with van der Waals surface area (Å²) in [6.45, 7) is 0.150. The fourth-order valence-corrected chi connectivity index (χ4v) is 2.18. The molecule has 2 rings (SSSR count). The van der Waals surface area contributed by atoms with Gasteiger partial charge in [-0.15, -0.1) is 0 Å². The molecule has 0 fully saturated rings. The van der Waals surface area contributed by atoms with Gasteiger partial charge in [0, 0.05) is 32.7 Å². The highest BCUT2D eigenvalue weighted by molar-refractivity contribution is 5.94. The van der Waals surface area contributed by atoms with Gasteiger partial charge in [0.15, 0.2) is 0 Å². The van der Waals surface area contributed by atoms with Crippen LogP contribution in [0.2, 0.25) is 0 Å². The van der Waals surface area contributed by atoms with Gasteiger partial charge in [-0.05, 0) is 36.6 Å². The van der Waals surface area contributed by atoms with Crippen molar-refractivity contribution in [3.8, 4) is 5.75 Å². The summed E-state index contributed by atoms with van der Waals surface area (Å²) in [5.41, 5.74) is 1.78. The fraction of sp³-hybridized carbons (Fsp3) is 0.500. The number of carbonyl (C=O) groups excluding carboxylic acids is 1. The molecule has 18 heavy (non-hydrogen) atoms. The van der Waals surface area contributed by atoms with E-state index >= 15 is 0 Å². The number of rotatable bonds is 3. The van der Waals surface area contributed by atoms with Crippen LogP contribution in [0.3, 0.4) is 0 Å². The molecule has 0 saturated carbocycles. The molecule has 0 spiro atoms. The molecule has 98 valence electrons. The van der Waals surface area contributed by atoms with Gasteiger partial charge in [-0.1, -0.05) is 0 Å². The highest BCUT2D eigenvalue weighted by Crippen LogP contribution is 2.29. The number of aryl methyl sites for hydroxylation is 1. The van der Waals surface area contributed by atoms with E-state index < -0.39 is 0 Å². The Bertz CT molecular complexity index is 443. The van der Waals surface area contributed by atoms with Crippen LogP contribution in [0.5, 0.6) is 5.75 Å². The second-order valence-corrected chi connectivity index (χ2v) is 4.81. The molecule has 4 heteroatoms. The third kappa shape index (κ3) is 2.64. The Morgan fingerprint density at radius 3 is 2.94 bits per heavy atom. The first-order chi connectivity index (χ1) is 8.61. The molecule has 1 aliphatic heterocycles. The number of ether oxygens (including phenoxy) is 1. The highest BCUT2D eigenvalue weighted by atomic mass is 16.5. The Balaban J connectivity index is 2.17. The van der Waals surface area contributed by atoms with Gasteiger partial charge in [0.25, 0.3) is 5.91 Å². The predicted octanol–water partition coefficient (Wildman–Crippen LogP) is 1.46. The van der Waals surface area contributed by atoms with E-state index in [4.69, 9.17) is 9.84 Å². The van der Waals surface area contributed by atoms with E-state index in [-0.39, 0.29) is 18.6 Å². The van der Waals surface area contributed by atoms with Crippen LogP contribution in [0, 0.1) is 0 Å². The van der Waals surface area contributed by atoms with Crippen LogP contribution >= 0.6 is 0 Å². The number of aliphatic hydroxyl groups excluding tert-OH is 1. The van der Waals surface area contributed by atoms with Gasteiger partial charge in [0.2, 0.25) is 0 Å². The number of nitrogens with zero attached hydrogens (tertiary/aromatic N) is 1. The van der Waals surface area contributed by atoms with Crippen molar-refractivity contribution in [3.63, 3.8) is 0 Å². The second-order valence-electron chi connectivity index (χ2n) is 4.81. The number of benzene rings is 1. The number of hydrogen-bond donors (Lipinski definition) is 1. The molecule has 0 saturated heterocycles. The van der Waals surface area contributed by atoms with E-state index in [1.54, 1.807) is 25.1 Å². The average Bonchev–Trinajstić information content (AvgIpc) is 2.37. The molecule has 1 aliphatic rings. The van der Waals surface area contributed by atoms with Crippen molar-refractivity contribution in [2.75, 3.05) is 20.7 Å². The standard InChI is InChI=1S/C14H19NO3/c1-15(2)14(17)11-4-6-13-10(9-11)3-5-12(18-13)7-8-16/h4,6,9,12,16H,3,5,7-8H2,1-2H3. The van der Waals surface area contributed by atoms with Crippen LogP contribution in [0.15, 0.2) is 18.2 Å². The fourth-order valence-electron chi connectivity index (χ4n) is 2.18. The van der Waals surface area contributed by atoms with Gasteiger partial charge in [-0.25, -0.2) is 0 Å². The summed E-state index contributed by atoms with van der Waals surface area (Å²) in [5.74, 6) is 0.852. The van der Waals surface area contributed by atoms with Crippen LogP contribution in [-0.2, 0) is 6.42 Å². The van der Waals surface area contributed by atoms with Crippen LogP contribution in [0.4, 0.5) is 0 Å². The zero-order valence-electron chi connectivity index (χ0n) is 10.8. The van der Waals surface area contributed by atoms with Crippen molar-refractivity contribution in [1.29, 1.82) is 0 Å². The Hall–Kier alpha value is -1.55. The lowest BCUT2D eigenvalue weighted by Gasteiger charge is -2.26. The van der Waals surface area contributed by atoms with Crippen molar-refractivity contribution in [3.05, 3.63) is 29.3 Å². The van der Waals surface area contributed by atoms with Crippen LogP contribution in [-0.4, -0.2) is 42.7 Å². The van der Waals surface area contributed by atoms with Crippen LogP contribution in [0.1, 0.15) is 28.8 Å². The smallest absolute Gasteiger partial charge is 0.253 e. The molecular weight excluding hydrogens is 230 g/mol.